The van der Waals surface area contributed by atoms with Crippen LogP contribution in [0.5, 0.6) is 0 Å². The van der Waals surface area contributed by atoms with Crippen molar-refractivity contribution in [2.45, 2.75) is 45.7 Å². The molecule has 2 aromatic rings. The molecular formula is C21H27NS3. The van der Waals surface area contributed by atoms with Crippen LogP contribution >= 0.6 is 33.8 Å². The Hall–Kier alpha value is -0.970. The van der Waals surface area contributed by atoms with Crippen LogP contribution in [0.25, 0.3) is 0 Å². The Morgan fingerprint density at radius 2 is 1.40 bits per heavy atom. The molecule has 0 aliphatic rings. The summed E-state index contributed by atoms with van der Waals surface area (Å²) in [6, 6.07) is 21.2. The summed E-state index contributed by atoms with van der Waals surface area (Å²) >= 11 is 5.74. The molecule has 0 saturated heterocycles. The number of benzene rings is 2. The number of thiocarbonyl (C=S) groups is 1. The van der Waals surface area contributed by atoms with Crippen LogP contribution in [0.4, 0.5) is 0 Å². The molecule has 0 spiro atoms. The van der Waals surface area contributed by atoms with Crippen molar-refractivity contribution in [1.29, 1.82) is 0 Å². The van der Waals surface area contributed by atoms with Gasteiger partial charge in [-0.1, -0.05) is 110 Å². The molecule has 0 aliphatic carbocycles. The van der Waals surface area contributed by atoms with Gasteiger partial charge in [0.1, 0.15) is 4.32 Å². The van der Waals surface area contributed by atoms with Gasteiger partial charge in [-0.3, -0.25) is 0 Å². The molecule has 2 aromatic carbocycles. The monoisotopic (exact) mass is 389 g/mol. The van der Waals surface area contributed by atoms with E-state index in [1.807, 2.05) is 10.8 Å². The summed E-state index contributed by atoms with van der Waals surface area (Å²) in [5.74, 6) is 1.18. The van der Waals surface area contributed by atoms with Crippen LogP contribution in [0.2, 0.25) is 0 Å². The minimum absolute atomic E-state index is 0.859. The highest BCUT2D eigenvalue weighted by Crippen LogP contribution is 2.28. The Labute approximate surface area is 166 Å². The van der Waals surface area contributed by atoms with Crippen LogP contribution in [0.1, 0.15) is 43.7 Å². The molecule has 0 radical (unpaired) electrons. The molecule has 4 heteroatoms. The molecule has 2 rings (SSSR count). The standard InChI is InChI=1S/C21H27NS3/c1-2-3-4-11-16-24-25-21(23)22(17-19-12-7-5-8-13-19)18-20-14-9-6-10-15-20/h5-10,12-15H,2-4,11,16-18H2,1H3. The van der Waals surface area contributed by atoms with E-state index in [-0.39, 0.29) is 0 Å². The van der Waals surface area contributed by atoms with Gasteiger partial charge in [-0.15, -0.1) is 0 Å². The topological polar surface area (TPSA) is 3.24 Å². The summed E-state index contributed by atoms with van der Waals surface area (Å²) in [6.07, 6.45) is 5.24. The first-order valence-electron chi connectivity index (χ1n) is 8.96. The fourth-order valence-corrected chi connectivity index (χ4v) is 5.05. The summed E-state index contributed by atoms with van der Waals surface area (Å²) in [6.45, 7) is 3.97. The SMILES string of the molecule is CCCCCCSSC(=S)N(Cc1ccccc1)Cc1ccccc1. The van der Waals surface area contributed by atoms with E-state index >= 15 is 0 Å². The predicted molar refractivity (Wildman–Crippen MR) is 119 cm³/mol. The van der Waals surface area contributed by atoms with Gasteiger partial charge in [0.15, 0.2) is 0 Å². The van der Waals surface area contributed by atoms with Gasteiger partial charge < -0.3 is 4.90 Å². The summed E-state index contributed by atoms with van der Waals surface area (Å²) in [4.78, 5) is 2.31. The van der Waals surface area contributed by atoms with Crippen molar-refractivity contribution in [1.82, 2.24) is 4.90 Å². The van der Waals surface area contributed by atoms with Crippen LogP contribution in [0, 0.1) is 0 Å². The number of hydrogen-bond donors (Lipinski definition) is 0. The molecule has 134 valence electrons. The molecule has 0 amide bonds. The zero-order valence-electron chi connectivity index (χ0n) is 14.9. The van der Waals surface area contributed by atoms with Crippen LogP contribution in [0.15, 0.2) is 60.7 Å². The lowest BCUT2D eigenvalue weighted by Crippen LogP contribution is -2.26. The zero-order valence-corrected chi connectivity index (χ0v) is 17.3. The number of unbranched alkanes of at least 4 members (excludes halogenated alkanes) is 3. The normalized spacial score (nSPS) is 10.6. The minimum Gasteiger partial charge on any atom is -0.348 e. The van der Waals surface area contributed by atoms with Crippen LogP contribution in [-0.4, -0.2) is 15.0 Å². The molecular weight excluding hydrogens is 362 g/mol. The molecule has 0 bridgehead atoms. The fraction of sp³-hybridized carbons (Fsp3) is 0.381. The Morgan fingerprint density at radius 1 is 0.840 bits per heavy atom. The lowest BCUT2D eigenvalue weighted by Gasteiger charge is -2.25. The Morgan fingerprint density at radius 3 is 1.92 bits per heavy atom. The Bertz CT molecular complexity index is 560. The van der Waals surface area contributed by atoms with Gasteiger partial charge in [-0.25, -0.2) is 0 Å². The summed E-state index contributed by atoms with van der Waals surface area (Å²) in [7, 11) is 3.65. The van der Waals surface area contributed by atoms with E-state index in [0.29, 0.717) is 0 Å². The third kappa shape index (κ3) is 8.30. The first-order valence-corrected chi connectivity index (χ1v) is 11.7. The van der Waals surface area contributed by atoms with E-state index in [0.717, 1.165) is 17.4 Å². The predicted octanol–water partition coefficient (Wildman–Crippen LogP) is 6.94. The third-order valence-electron chi connectivity index (χ3n) is 3.90. The molecule has 25 heavy (non-hydrogen) atoms. The van der Waals surface area contributed by atoms with Gasteiger partial charge in [-0.2, -0.15) is 0 Å². The van der Waals surface area contributed by atoms with Crippen molar-refractivity contribution in [2.24, 2.45) is 0 Å². The van der Waals surface area contributed by atoms with Gasteiger partial charge >= 0.3 is 0 Å². The highest BCUT2D eigenvalue weighted by atomic mass is 33.1. The van der Waals surface area contributed by atoms with E-state index in [4.69, 9.17) is 12.2 Å². The maximum atomic E-state index is 5.74. The van der Waals surface area contributed by atoms with Crippen molar-refractivity contribution in [3.63, 3.8) is 0 Å². The Balaban J connectivity index is 1.90. The molecule has 0 aromatic heterocycles. The van der Waals surface area contributed by atoms with Crippen molar-refractivity contribution < 1.29 is 0 Å². The van der Waals surface area contributed by atoms with E-state index in [1.54, 1.807) is 10.8 Å². The minimum atomic E-state index is 0.859. The molecule has 0 atom stereocenters. The quantitative estimate of drug-likeness (QED) is 0.246. The van der Waals surface area contributed by atoms with E-state index in [9.17, 15) is 0 Å². The largest absolute Gasteiger partial charge is 0.348 e. The summed E-state index contributed by atoms with van der Waals surface area (Å²) < 4.78 is 0.980. The first-order chi connectivity index (χ1) is 12.3. The maximum absolute atomic E-state index is 5.74. The second-order valence-corrected chi connectivity index (χ2v) is 9.11. The highest BCUT2D eigenvalue weighted by Gasteiger charge is 2.12. The molecule has 0 aliphatic heterocycles. The molecule has 0 unspecified atom stereocenters. The highest BCUT2D eigenvalue weighted by molar-refractivity contribution is 8.83. The number of nitrogens with zero attached hydrogens (tertiary/aromatic N) is 1. The maximum Gasteiger partial charge on any atom is 0.147 e. The zero-order chi connectivity index (χ0) is 17.7. The lowest BCUT2D eigenvalue weighted by atomic mass is 10.2. The second kappa shape index (κ2) is 12.4. The summed E-state index contributed by atoms with van der Waals surface area (Å²) in [5, 5.41) is 0. The molecule has 1 nitrogen and oxygen atoms in total. The average Bonchev–Trinajstić information content (AvgIpc) is 2.65. The molecule has 0 saturated carbocycles. The van der Waals surface area contributed by atoms with Gasteiger partial charge in [0.05, 0.1) is 0 Å². The van der Waals surface area contributed by atoms with E-state index in [2.05, 4.69) is 72.5 Å². The third-order valence-corrected chi connectivity index (χ3v) is 7.03. The second-order valence-electron chi connectivity index (χ2n) is 6.06. The number of hydrogen-bond acceptors (Lipinski definition) is 3. The van der Waals surface area contributed by atoms with Gasteiger partial charge in [0, 0.05) is 18.8 Å². The first kappa shape index (κ1) is 20.3. The van der Waals surface area contributed by atoms with E-state index in [1.165, 1.54) is 42.6 Å². The smallest absolute Gasteiger partial charge is 0.147 e. The van der Waals surface area contributed by atoms with Crippen LogP contribution in [-0.2, 0) is 13.1 Å². The van der Waals surface area contributed by atoms with Crippen molar-refractivity contribution >= 4 is 38.1 Å². The van der Waals surface area contributed by atoms with E-state index < -0.39 is 0 Å². The van der Waals surface area contributed by atoms with Crippen molar-refractivity contribution in [2.75, 3.05) is 5.75 Å². The lowest BCUT2D eigenvalue weighted by molar-refractivity contribution is 0.421. The summed E-state index contributed by atoms with van der Waals surface area (Å²) in [5.41, 5.74) is 2.60. The van der Waals surface area contributed by atoms with Gasteiger partial charge in [0.2, 0.25) is 0 Å². The van der Waals surface area contributed by atoms with Gasteiger partial charge in [-0.05, 0) is 28.3 Å². The number of rotatable bonds is 10. The molecule has 0 fully saturated rings. The van der Waals surface area contributed by atoms with Gasteiger partial charge in [0.25, 0.3) is 0 Å². The van der Waals surface area contributed by atoms with Crippen molar-refractivity contribution in [3.8, 4) is 0 Å². The van der Waals surface area contributed by atoms with Crippen molar-refractivity contribution in [3.05, 3.63) is 71.8 Å². The Kier molecular flexibility index (Phi) is 10.1. The molecule has 0 heterocycles. The van der Waals surface area contributed by atoms with Crippen LogP contribution in [0.3, 0.4) is 0 Å². The van der Waals surface area contributed by atoms with Crippen LogP contribution < -0.4 is 0 Å². The molecule has 0 N–H and O–H groups in total. The average molecular weight is 390 g/mol. The fourth-order valence-electron chi connectivity index (χ4n) is 2.53.